The molecule has 1 unspecified atom stereocenters. The molecular formula is C23H25FN6O. The van der Waals surface area contributed by atoms with Crippen molar-refractivity contribution < 1.29 is 9.18 Å². The second-order valence-electron chi connectivity index (χ2n) is 7.62. The predicted octanol–water partition coefficient (Wildman–Crippen LogP) is 2.45. The Labute approximate surface area is 180 Å². The number of carbonyl (C=O) groups is 1. The van der Waals surface area contributed by atoms with Gasteiger partial charge in [-0.05, 0) is 36.8 Å². The van der Waals surface area contributed by atoms with Crippen LogP contribution in [0.1, 0.15) is 35.9 Å². The number of nitrogens with zero attached hydrogens (tertiary/aromatic N) is 4. The van der Waals surface area contributed by atoms with Gasteiger partial charge in [0.25, 0.3) is 5.91 Å². The van der Waals surface area contributed by atoms with E-state index in [9.17, 15) is 9.18 Å². The fourth-order valence-corrected chi connectivity index (χ4v) is 3.93. The van der Waals surface area contributed by atoms with E-state index in [-0.39, 0.29) is 30.1 Å². The highest BCUT2D eigenvalue weighted by Gasteiger charge is 2.25. The van der Waals surface area contributed by atoms with Gasteiger partial charge >= 0.3 is 0 Å². The van der Waals surface area contributed by atoms with Crippen LogP contribution in [0.2, 0.25) is 0 Å². The smallest absolute Gasteiger partial charge is 0.289 e. The zero-order valence-electron chi connectivity index (χ0n) is 17.4. The largest absolute Gasteiger partial charge is 0.345 e. The Morgan fingerprint density at radius 3 is 2.84 bits per heavy atom. The van der Waals surface area contributed by atoms with Crippen LogP contribution in [0.25, 0.3) is 10.8 Å². The quantitative estimate of drug-likeness (QED) is 0.619. The van der Waals surface area contributed by atoms with Crippen molar-refractivity contribution in [2.24, 2.45) is 5.73 Å². The summed E-state index contributed by atoms with van der Waals surface area (Å²) >= 11 is 0. The molecule has 160 valence electrons. The van der Waals surface area contributed by atoms with Gasteiger partial charge < -0.3 is 16.0 Å². The third-order valence-electron chi connectivity index (χ3n) is 5.49. The molecule has 0 saturated carbocycles. The van der Waals surface area contributed by atoms with E-state index in [2.05, 4.69) is 32.3 Å². The third-order valence-corrected chi connectivity index (χ3v) is 5.49. The second kappa shape index (κ2) is 9.14. The van der Waals surface area contributed by atoms with Crippen LogP contribution >= 0.6 is 0 Å². The highest BCUT2D eigenvalue weighted by atomic mass is 19.1. The van der Waals surface area contributed by atoms with Crippen LogP contribution in [0.4, 0.5) is 10.3 Å². The Bertz CT molecular complexity index is 1160. The number of carbonyl (C=O) groups excluding carboxylic acids is 1. The normalized spacial score (nSPS) is 16.1. The molecule has 2 aromatic carbocycles. The number of fused-ring (bicyclic) bond motifs is 1. The molecule has 1 atom stereocenters. The molecule has 0 bridgehead atoms. The summed E-state index contributed by atoms with van der Waals surface area (Å²) in [7, 11) is 0. The van der Waals surface area contributed by atoms with Crippen LogP contribution in [0, 0.1) is 17.7 Å². The van der Waals surface area contributed by atoms with Crippen molar-refractivity contribution in [2.45, 2.75) is 38.9 Å². The Hall–Kier alpha value is -3.44. The zero-order valence-corrected chi connectivity index (χ0v) is 17.4. The number of halogens is 1. The van der Waals surface area contributed by atoms with Gasteiger partial charge in [0, 0.05) is 31.1 Å². The minimum Gasteiger partial charge on any atom is -0.345 e. The number of hydrogen-bond acceptors (Lipinski definition) is 5. The Balaban J connectivity index is 1.57. The van der Waals surface area contributed by atoms with Crippen LogP contribution < -0.4 is 16.0 Å². The lowest BCUT2D eigenvalue weighted by Gasteiger charge is -2.31. The zero-order chi connectivity index (χ0) is 21.8. The standard InChI is InChI=1S/C23H25FN6O/c1-2-3-13-30-21(27-28-23(30)29-12-6-7-17(25)15-29)22(31)26-14-16-10-11-20(24)19-9-5-4-8-18(16)19/h4-5,8-11,17H,6-7,12-15,25H2,1H3,(H,26,31). The van der Waals surface area contributed by atoms with Gasteiger partial charge in [-0.1, -0.05) is 36.3 Å². The van der Waals surface area contributed by atoms with E-state index < -0.39 is 0 Å². The summed E-state index contributed by atoms with van der Waals surface area (Å²) in [6.45, 7) is 3.79. The summed E-state index contributed by atoms with van der Waals surface area (Å²) in [4.78, 5) is 15.0. The first-order valence-corrected chi connectivity index (χ1v) is 10.4. The molecule has 1 amide bonds. The van der Waals surface area contributed by atoms with Crippen LogP contribution in [-0.4, -0.2) is 39.8 Å². The lowest BCUT2D eigenvalue weighted by Crippen LogP contribution is -2.44. The second-order valence-corrected chi connectivity index (χ2v) is 7.62. The van der Waals surface area contributed by atoms with Gasteiger partial charge in [0.15, 0.2) is 0 Å². The fourth-order valence-electron chi connectivity index (χ4n) is 3.93. The SMILES string of the molecule is CC#CCn1c(C(=O)NCc2ccc(F)c3ccccc23)nnc1N1CCCC(N)C1. The number of piperidine rings is 1. The molecule has 2 heterocycles. The number of aromatic nitrogens is 3. The summed E-state index contributed by atoms with van der Waals surface area (Å²) in [5, 5.41) is 12.6. The van der Waals surface area contributed by atoms with Gasteiger partial charge in [-0.2, -0.15) is 0 Å². The summed E-state index contributed by atoms with van der Waals surface area (Å²) in [5.74, 6) is 6.02. The number of benzene rings is 2. The first-order valence-electron chi connectivity index (χ1n) is 10.4. The summed E-state index contributed by atoms with van der Waals surface area (Å²) < 4.78 is 15.8. The van der Waals surface area contributed by atoms with Crippen molar-refractivity contribution in [1.29, 1.82) is 0 Å². The van der Waals surface area contributed by atoms with Gasteiger partial charge in [0.05, 0.1) is 6.54 Å². The van der Waals surface area contributed by atoms with Crippen LogP contribution in [0.3, 0.4) is 0 Å². The molecule has 0 radical (unpaired) electrons. The fraction of sp³-hybridized carbons (Fsp3) is 0.348. The molecule has 7 nitrogen and oxygen atoms in total. The third kappa shape index (κ3) is 4.37. The minimum atomic E-state index is -0.355. The maximum atomic E-state index is 14.1. The topological polar surface area (TPSA) is 89.1 Å². The monoisotopic (exact) mass is 420 g/mol. The average Bonchev–Trinajstić information content (AvgIpc) is 3.21. The van der Waals surface area contributed by atoms with E-state index in [1.165, 1.54) is 6.07 Å². The van der Waals surface area contributed by atoms with Crippen molar-refractivity contribution in [3.05, 3.63) is 53.6 Å². The van der Waals surface area contributed by atoms with Gasteiger partial charge in [-0.25, -0.2) is 4.39 Å². The Kier molecular flexibility index (Phi) is 6.14. The van der Waals surface area contributed by atoms with Crippen LogP contribution in [-0.2, 0) is 13.1 Å². The van der Waals surface area contributed by atoms with E-state index in [0.717, 1.165) is 30.3 Å². The molecule has 3 aromatic rings. The maximum absolute atomic E-state index is 14.1. The molecule has 1 fully saturated rings. The molecular weight excluding hydrogens is 395 g/mol. The molecule has 1 aromatic heterocycles. The summed E-state index contributed by atoms with van der Waals surface area (Å²) in [6, 6.07) is 10.4. The number of nitrogens with two attached hydrogens (primary N) is 1. The van der Waals surface area contributed by atoms with E-state index >= 15 is 0 Å². The van der Waals surface area contributed by atoms with Crippen molar-refractivity contribution in [3.63, 3.8) is 0 Å². The van der Waals surface area contributed by atoms with Gasteiger partial charge in [0.1, 0.15) is 5.82 Å². The summed E-state index contributed by atoms with van der Waals surface area (Å²) in [5.41, 5.74) is 6.94. The van der Waals surface area contributed by atoms with Crippen LogP contribution in [0.15, 0.2) is 36.4 Å². The average molecular weight is 420 g/mol. The van der Waals surface area contributed by atoms with Crippen molar-refractivity contribution in [3.8, 4) is 11.8 Å². The first-order chi connectivity index (χ1) is 15.1. The molecule has 3 N–H and O–H groups in total. The molecule has 31 heavy (non-hydrogen) atoms. The van der Waals surface area contributed by atoms with Crippen LogP contribution in [0.5, 0.6) is 0 Å². The van der Waals surface area contributed by atoms with Crippen molar-refractivity contribution in [1.82, 2.24) is 20.1 Å². The number of nitrogens with one attached hydrogen (secondary N) is 1. The maximum Gasteiger partial charge on any atom is 0.289 e. The van der Waals surface area contributed by atoms with E-state index in [1.807, 2.05) is 12.1 Å². The van der Waals surface area contributed by atoms with Gasteiger partial charge in [-0.3, -0.25) is 9.36 Å². The van der Waals surface area contributed by atoms with E-state index in [0.29, 0.717) is 24.4 Å². The van der Waals surface area contributed by atoms with Gasteiger partial charge in [0.2, 0.25) is 11.8 Å². The number of anilines is 1. The van der Waals surface area contributed by atoms with E-state index in [4.69, 9.17) is 5.73 Å². The van der Waals surface area contributed by atoms with Crippen molar-refractivity contribution in [2.75, 3.05) is 18.0 Å². The molecule has 4 rings (SSSR count). The minimum absolute atomic E-state index is 0.0696. The molecule has 0 spiro atoms. The number of rotatable bonds is 5. The Morgan fingerprint density at radius 1 is 1.26 bits per heavy atom. The lowest BCUT2D eigenvalue weighted by molar-refractivity contribution is 0.0936. The number of hydrogen-bond donors (Lipinski definition) is 2. The van der Waals surface area contributed by atoms with Crippen molar-refractivity contribution >= 4 is 22.6 Å². The predicted molar refractivity (Wildman–Crippen MR) is 118 cm³/mol. The number of amides is 1. The molecule has 1 aliphatic rings. The highest BCUT2D eigenvalue weighted by Crippen LogP contribution is 2.22. The highest BCUT2D eigenvalue weighted by molar-refractivity contribution is 5.92. The molecule has 1 saturated heterocycles. The molecule has 0 aliphatic carbocycles. The Morgan fingerprint density at radius 2 is 2.06 bits per heavy atom. The first kappa shape index (κ1) is 20.8. The lowest BCUT2D eigenvalue weighted by atomic mass is 10.0. The van der Waals surface area contributed by atoms with E-state index in [1.54, 1.807) is 29.7 Å². The summed E-state index contributed by atoms with van der Waals surface area (Å²) in [6.07, 6.45) is 1.94. The van der Waals surface area contributed by atoms with Gasteiger partial charge in [-0.15, -0.1) is 16.1 Å². The molecule has 1 aliphatic heterocycles. The molecule has 8 heteroatoms.